The van der Waals surface area contributed by atoms with Gasteiger partial charge in [-0.25, -0.2) is 4.98 Å². The number of nitrogens with one attached hydrogen (secondary N) is 1. The average molecular weight is 324 g/mol. The number of hydrogen-bond acceptors (Lipinski definition) is 8. The Balaban J connectivity index is 1.40. The summed E-state index contributed by atoms with van der Waals surface area (Å²) >= 11 is 2.96. The van der Waals surface area contributed by atoms with Crippen molar-refractivity contribution in [1.29, 1.82) is 0 Å². The van der Waals surface area contributed by atoms with E-state index in [1.807, 2.05) is 5.51 Å². The molecule has 1 saturated heterocycles. The topological polar surface area (TPSA) is 74.2 Å². The molecule has 1 amide bonds. The highest BCUT2D eigenvalue weighted by atomic mass is 32.1. The van der Waals surface area contributed by atoms with Gasteiger partial charge in [0.05, 0.1) is 17.7 Å². The normalized spacial score (nSPS) is 17.0. The molecule has 3 rings (SSSR count). The molecule has 9 heteroatoms. The molecule has 0 unspecified atom stereocenters. The molecule has 3 heterocycles. The first-order valence-electron chi connectivity index (χ1n) is 6.67. The molecule has 0 aromatic carbocycles. The zero-order chi connectivity index (χ0) is 14.5. The Bertz CT molecular complexity index is 550. The van der Waals surface area contributed by atoms with E-state index in [4.69, 9.17) is 0 Å². The van der Waals surface area contributed by atoms with Crippen molar-refractivity contribution in [3.8, 4) is 0 Å². The minimum Gasteiger partial charge on any atom is -0.299 e. The van der Waals surface area contributed by atoms with Crippen LogP contribution in [0.3, 0.4) is 0 Å². The quantitative estimate of drug-likeness (QED) is 0.875. The zero-order valence-electron chi connectivity index (χ0n) is 11.4. The molecule has 0 atom stereocenters. The van der Waals surface area contributed by atoms with E-state index in [1.54, 1.807) is 16.8 Å². The number of hydrogen-bond donors (Lipinski definition) is 1. The second-order valence-electron chi connectivity index (χ2n) is 4.82. The van der Waals surface area contributed by atoms with Crippen LogP contribution in [0.4, 0.5) is 5.13 Å². The fourth-order valence-corrected chi connectivity index (χ4v) is 3.25. The van der Waals surface area contributed by atoms with Crippen LogP contribution in [0.1, 0.15) is 5.69 Å². The minimum atomic E-state index is -0.0281. The van der Waals surface area contributed by atoms with Crippen LogP contribution >= 0.6 is 22.7 Å². The number of carbonyl (C=O) groups is 1. The highest BCUT2D eigenvalue weighted by molar-refractivity contribution is 7.13. The maximum atomic E-state index is 11.9. The monoisotopic (exact) mass is 324 g/mol. The number of amides is 1. The van der Waals surface area contributed by atoms with E-state index < -0.39 is 0 Å². The van der Waals surface area contributed by atoms with Crippen molar-refractivity contribution in [2.45, 2.75) is 6.54 Å². The van der Waals surface area contributed by atoms with E-state index in [9.17, 15) is 4.79 Å². The number of carbonyl (C=O) groups excluding carboxylic acids is 1. The highest BCUT2D eigenvalue weighted by Gasteiger charge is 2.19. The zero-order valence-corrected chi connectivity index (χ0v) is 13.1. The lowest BCUT2D eigenvalue weighted by Gasteiger charge is -2.33. The summed E-state index contributed by atoms with van der Waals surface area (Å²) in [4.78, 5) is 20.7. The van der Waals surface area contributed by atoms with Crippen molar-refractivity contribution in [3.05, 3.63) is 22.1 Å². The molecule has 7 nitrogen and oxygen atoms in total. The third-order valence-corrected chi connectivity index (χ3v) is 4.55. The van der Waals surface area contributed by atoms with Crippen molar-refractivity contribution in [2.75, 3.05) is 38.0 Å². The van der Waals surface area contributed by atoms with Crippen molar-refractivity contribution >= 4 is 33.7 Å². The maximum Gasteiger partial charge on any atom is 0.240 e. The van der Waals surface area contributed by atoms with Gasteiger partial charge in [-0.1, -0.05) is 11.3 Å². The number of anilines is 1. The van der Waals surface area contributed by atoms with E-state index in [0.29, 0.717) is 11.7 Å². The molecule has 1 fully saturated rings. The van der Waals surface area contributed by atoms with Crippen LogP contribution in [-0.4, -0.2) is 63.6 Å². The lowest BCUT2D eigenvalue weighted by molar-refractivity contribution is -0.117. The van der Waals surface area contributed by atoms with Crippen molar-refractivity contribution in [3.63, 3.8) is 0 Å². The van der Waals surface area contributed by atoms with E-state index in [-0.39, 0.29) is 5.91 Å². The molecule has 2 aromatic rings. The molecule has 0 radical (unpaired) electrons. The van der Waals surface area contributed by atoms with Crippen molar-refractivity contribution in [2.24, 2.45) is 0 Å². The Hall–Kier alpha value is -1.42. The van der Waals surface area contributed by atoms with Gasteiger partial charge in [0.2, 0.25) is 11.0 Å². The molecule has 0 aliphatic carbocycles. The molecule has 2 aromatic heterocycles. The van der Waals surface area contributed by atoms with Gasteiger partial charge in [-0.15, -0.1) is 21.5 Å². The Morgan fingerprint density at radius 3 is 2.71 bits per heavy atom. The summed E-state index contributed by atoms with van der Waals surface area (Å²) < 4.78 is 0. The summed E-state index contributed by atoms with van der Waals surface area (Å²) in [5.74, 6) is -0.0281. The van der Waals surface area contributed by atoms with Crippen LogP contribution in [0.5, 0.6) is 0 Å². The summed E-state index contributed by atoms with van der Waals surface area (Å²) in [7, 11) is 0. The van der Waals surface area contributed by atoms with Crippen LogP contribution < -0.4 is 5.32 Å². The number of piperazine rings is 1. The van der Waals surface area contributed by atoms with Gasteiger partial charge >= 0.3 is 0 Å². The number of aromatic nitrogens is 3. The van der Waals surface area contributed by atoms with Gasteiger partial charge in [-0.2, -0.15) is 0 Å². The summed E-state index contributed by atoms with van der Waals surface area (Å²) in [5, 5.41) is 12.9. The summed E-state index contributed by atoms with van der Waals surface area (Å²) in [6.45, 7) is 5.02. The summed E-state index contributed by atoms with van der Waals surface area (Å²) in [6, 6.07) is 0. The number of nitrogens with zero attached hydrogens (tertiary/aromatic N) is 5. The number of rotatable bonds is 5. The molecular weight excluding hydrogens is 308 g/mol. The second-order valence-corrected chi connectivity index (χ2v) is 6.38. The summed E-state index contributed by atoms with van der Waals surface area (Å²) in [5.41, 5.74) is 4.60. The summed E-state index contributed by atoms with van der Waals surface area (Å²) in [6.07, 6.45) is 0. The highest BCUT2D eigenvalue weighted by Crippen LogP contribution is 2.10. The van der Waals surface area contributed by atoms with E-state index in [1.165, 1.54) is 11.3 Å². The SMILES string of the molecule is O=C(CN1CCN(Cc2cscn2)CC1)Nc1nncs1. The van der Waals surface area contributed by atoms with Gasteiger partial charge in [0.1, 0.15) is 5.51 Å². The van der Waals surface area contributed by atoms with Crippen LogP contribution in [0.2, 0.25) is 0 Å². The van der Waals surface area contributed by atoms with Gasteiger partial charge in [-0.05, 0) is 0 Å². The fraction of sp³-hybridized carbons (Fsp3) is 0.500. The largest absolute Gasteiger partial charge is 0.299 e. The van der Waals surface area contributed by atoms with Crippen LogP contribution in [0, 0.1) is 0 Å². The Morgan fingerprint density at radius 2 is 2.05 bits per heavy atom. The Kier molecular flexibility index (Phi) is 4.86. The molecule has 112 valence electrons. The molecule has 0 saturated carbocycles. The molecule has 1 aliphatic heterocycles. The van der Waals surface area contributed by atoms with Gasteiger partial charge in [0.25, 0.3) is 0 Å². The van der Waals surface area contributed by atoms with E-state index >= 15 is 0 Å². The predicted molar refractivity (Wildman–Crippen MR) is 82.4 cm³/mol. The fourth-order valence-electron chi connectivity index (χ4n) is 2.24. The van der Waals surface area contributed by atoms with E-state index in [0.717, 1.165) is 38.4 Å². The standard InChI is InChI=1S/C12H16N6OS2/c19-11(15-12-16-14-9-21-12)6-18-3-1-17(2-4-18)5-10-7-20-8-13-10/h7-9H,1-6H2,(H,15,16,19). The van der Waals surface area contributed by atoms with Gasteiger partial charge < -0.3 is 0 Å². The maximum absolute atomic E-state index is 11.9. The smallest absolute Gasteiger partial charge is 0.240 e. The molecule has 21 heavy (non-hydrogen) atoms. The second kappa shape index (κ2) is 7.03. The van der Waals surface area contributed by atoms with Crippen molar-refractivity contribution < 1.29 is 4.79 Å². The minimum absolute atomic E-state index is 0.0281. The number of thiazole rings is 1. The predicted octanol–water partition coefficient (Wildman–Crippen LogP) is 0.751. The van der Waals surface area contributed by atoms with Crippen LogP contribution in [0.25, 0.3) is 0 Å². The third-order valence-electron chi connectivity index (χ3n) is 3.31. The Morgan fingerprint density at radius 1 is 1.24 bits per heavy atom. The third kappa shape index (κ3) is 4.27. The molecule has 0 spiro atoms. The average Bonchev–Trinajstić information content (AvgIpc) is 3.14. The molecule has 1 N–H and O–H groups in total. The first-order valence-corrected chi connectivity index (χ1v) is 8.49. The van der Waals surface area contributed by atoms with Gasteiger partial charge in [0.15, 0.2) is 0 Å². The Labute approximate surface area is 130 Å². The first-order chi connectivity index (χ1) is 10.3. The molecule has 0 bridgehead atoms. The van der Waals surface area contributed by atoms with Crippen LogP contribution in [-0.2, 0) is 11.3 Å². The molecular formula is C12H16N6OS2. The van der Waals surface area contributed by atoms with Gasteiger partial charge in [-0.3, -0.25) is 19.9 Å². The van der Waals surface area contributed by atoms with Crippen molar-refractivity contribution in [1.82, 2.24) is 25.0 Å². The lowest BCUT2D eigenvalue weighted by Crippen LogP contribution is -2.48. The lowest BCUT2D eigenvalue weighted by atomic mass is 10.3. The molecule has 1 aliphatic rings. The first kappa shape index (κ1) is 14.5. The van der Waals surface area contributed by atoms with E-state index in [2.05, 4.69) is 35.7 Å². The van der Waals surface area contributed by atoms with Crippen LogP contribution in [0.15, 0.2) is 16.4 Å². The van der Waals surface area contributed by atoms with Gasteiger partial charge in [0, 0.05) is 38.1 Å².